The van der Waals surface area contributed by atoms with E-state index in [1.54, 1.807) is 0 Å². The quantitative estimate of drug-likeness (QED) is 0.698. The van der Waals surface area contributed by atoms with Crippen LogP contribution in [0.25, 0.3) is 11.3 Å². The van der Waals surface area contributed by atoms with Crippen molar-refractivity contribution in [3.05, 3.63) is 42.2 Å². The Balaban J connectivity index is 2.21. The van der Waals surface area contributed by atoms with Gasteiger partial charge in [0, 0.05) is 37.7 Å². The third kappa shape index (κ3) is 4.04. The molecular formula is C18H25N3O. The fourth-order valence-electron chi connectivity index (χ4n) is 2.49. The van der Waals surface area contributed by atoms with Crippen LogP contribution < -0.4 is 4.90 Å². The third-order valence-corrected chi connectivity index (χ3v) is 3.72. The van der Waals surface area contributed by atoms with Crippen LogP contribution in [0.2, 0.25) is 0 Å². The molecule has 0 spiro atoms. The van der Waals surface area contributed by atoms with Crippen LogP contribution in [0.3, 0.4) is 0 Å². The molecule has 2 rings (SSSR count). The summed E-state index contributed by atoms with van der Waals surface area (Å²) in [5.41, 5.74) is 3.26. The van der Waals surface area contributed by atoms with Gasteiger partial charge in [-0.2, -0.15) is 0 Å². The van der Waals surface area contributed by atoms with Crippen LogP contribution in [0.15, 0.2) is 36.7 Å². The molecule has 0 amide bonds. The first-order valence-corrected chi connectivity index (χ1v) is 8.03. The maximum atomic E-state index is 5.46. The topological polar surface area (TPSA) is 38.2 Å². The minimum atomic E-state index is 0.722. The molecule has 0 N–H and O–H groups in total. The van der Waals surface area contributed by atoms with E-state index >= 15 is 0 Å². The van der Waals surface area contributed by atoms with Crippen LogP contribution in [-0.4, -0.2) is 36.3 Å². The molecule has 0 aliphatic carbocycles. The molecule has 0 saturated heterocycles. The van der Waals surface area contributed by atoms with E-state index in [0.29, 0.717) is 0 Å². The molecule has 0 saturated carbocycles. The van der Waals surface area contributed by atoms with Crippen molar-refractivity contribution in [1.82, 2.24) is 9.97 Å². The minimum Gasteiger partial charge on any atom is -0.381 e. The van der Waals surface area contributed by atoms with Crippen LogP contribution in [0.5, 0.6) is 0 Å². The summed E-state index contributed by atoms with van der Waals surface area (Å²) < 4.78 is 5.46. The summed E-state index contributed by atoms with van der Waals surface area (Å²) in [4.78, 5) is 11.4. The highest BCUT2D eigenvalue weighted by atomic mass is 16.5. The van der Waals surface area contributed by atoms with Gasteiger partial charge in [-0.05, 0) is 51.0 Å². The number of ether oxygens (including phenoxy) is 1. The first-order valence-electron chi connectivity index (χ1n) is 8.03. The monoisotopic (exact) mass is 299 g/mol. The molecule has 0 atom stereocenters. The number of nitrogens with zero attached hydrogens (tertiary/aromatic N) is 3. The third-order valence-electron chi connectivity index (χ3n) is 3.72. The normalized spacial score (nSPS) is 10.7. The molecular weight excluding hydrogens is 274 g/mol. The van der Waals surface area contributed by atoms with Gasteiger partial charge in [-0.3, -0.25) is 4.98 Å². The van der Waals surface area contributed by atoms with Crippen molar-refractivity contribution in [3.63, 3.8) is 0 Å². The molecule has 2 aromatic heterocycles. The zero-order valence-electron chi connectivity index (χ0n) is 13.7. The second-order valence-corrected chi connectivity index (χ2v) is 5.04. The highest BCUT2D eigenvalue weighted by Crippen LogP contribution is 2.23. The number of aromatic nitrogens is 2. The number of hydrogen-bond donors (Lipinski definition) is 0. The van der Waals surface area contributed by atoms with Crippen LogP contribution >= 0.6 is 0 Å². The second kappa shape index (κ2) is 8.49. The highest BCUT2D eigenvalue weighted by Gasteiger charge is 2.08. The maximum Gasteiger partial charge on any atom is 0.128 e. The van der Waals surface area contributed by atoms with Gasteiger partial charge in [0.15, 0.2) is 0 Å². The number of rotatable bonds is 8. The van der Waals surface area contributed by atoms with E-state index in [1.807, 2.05) is 25.4 Å². The summed E-state index contributed by atoms with van der Waals surface area (Å²) in [6.07, 6.45) is 4.62. The van der Waals surface area contributed by atoms with Crippen LogP contribution in [0.4, 0.5) is 5.82 Å². The summed E-state index contributed by atoms with van der Waals surface area (Å²) in [5, 5.41) is 0. The first-order chi connectivity index (χ1) is 10.8. The minimum absolute atomic E-state index is 0.722. The van der Waals surface area contributed by atoms with Crippen molar-refractivity contribution in [2.75, 3.05) is 31.2 Å². The average molecular weight is 299 g/mol. The molecule has 4 heteroatoms. The van der Waals surface area contributed by atoms with Gasteiger partial charge < -0.3 is 9.64 Å². The fraction of sp³-hybridized carbons (Fsp3) is 0.444. The molecule has 2 heterocycles. The first kappa shape index (κ1) is 16.4. The smallest absolute Gasteiger partial charge is 0.128 e. The Hall–Kier alpha value is -1.94. The van der Waals surface area contributed by atoms with Crippen molar-refractivity contribution < 1.29 is 4.74 Å². The Labute approximate surface area is 133 Å². The number of anilines is 1. The summed E-state index contributed by atoms with van der Waals surface area (Å²) in [6, 6.07) is 8.26. The van der Waals surface area contributed by atoms with Crippen molar-refractivity contribution in [3.8, 4) is 11.3 Å². The Morgan fingerprint density at radius 2 is 1.86 bits per heavy atom. The van der Waals surface area contributed by atoms with Gasteiger partial charge in [-0.15, -0.1) is 0 Å². The van der Waals surface area contributed by atoms with E-state index in [1.165, 1.54) is 5.56 Å². The largest absolute Gasteiger partial charge is 0.381 e. The molecule has 0 aliphatic heterocycles. The van der Waals surface area contributed by atoms with Gasteiger partial charge in [-0.25, -0.2) is 4.98 Å². The Bertz CT molecular complexity index is 565. The second-order valence-electron chi connectivity index (χ2n) is 5.04. The van der Waals surface area contributed by atoms with Crippen molar-refractivity contribution in [2.45, 2.75) is 27.2 Å². The molecule has 118 valence electrons. The van der Waals surface area contributed by atoms with Crippen molar-refractivity contribution >= 4 is 5.82 Å². The van der Waals surface area contributed by atoms with E-state index in [-0.39, 0.29) is 0 Å². The SMILES string of the molecule is CCOCCc1cccnc1-c1ccc(N(CC)CC)nc1. The van der Waals surface area contributed by atoms with Gasteiger partial charge >= 0.3 is 0 Å². The molecule has 0 radical (unpaired) electrons. The summed E-state index contributed by atoms with van der Waals surface area (Å²) >= 11 is 0. The van der Waals surface area contributed by atoms with Crippen molar-refractivity contribution in [1.29, 1.82) is 0 Å². The lowest BCUT2D eigenvalue weighted by Crippen LogP contribution is -2.22. The van der Waals surface area contributed by atoms with E-state index in [0.717, 1.165) is 49.8 Å². The van der Waals surface area contributed by atoms with Crippen LogP contribution in [0, 0.1) is 0 Å². The molecule has 4 nitrogen and oxygen atoms in total. The maximum absolute atomic E-state index is 5.46. The highest BCUT2D eigenvalue weighted by molar-refractivity contribution is 5.63. The Morgan fingerprint density at radius 1 is 1.05 bits per heavy atom. The summed E-state index contributed by atoms with van der Waals surface area (Å²) in [5.74, 6) is 1.01. The summed E-state index contributed by atoms with van der Waals surface area (Å²) in [7, 11) is 0. The zero-order chi connectivity index (χ0) is 15.8. The predicted molar refractivity (Wildman–Crippen MR) is 91.2 cm³/mol. The van der Waals surface area contributed by atoms with Gasteiger partial charge in [0.2, 0.25) is 0 Å². The van der Waals surface area contributed by atoms with Crippen LogP contribution in [0.1, 0.15) is 26.3 Å². The van der Waals surface area contributed by atoms with Gasteiger partial charge in [-0.1, -0.05) is 6.07 Å². The van der Waals surface area contributed by atoms with E-state index < -0.39 is 0 Å². The Morgan fingerprint density at radius 3 is 2.50 bits per heavy atom. The van der Waals surface area contributed by atoms with Gasteiger partial charge in [0.1, 0.15) is 5.82 Å². The fourth-order valence-corrected chi connectivity index (χ4v) is 2.49. The zero-order valence-corrected chi connectivity index (χ0v) is 13.7. The lowest BCUT2D eigenvalue weighted by atomic mass is 10.1. The van der Waals surface area contributed by atoms with Crippen molar-refractivity contribution in [2.24, 2.45) is 0 Å². The molecule has 0 unspecified atom stereocenters. The average Bonchev–Trinajstić information content (AvgIpc) is 2.57. The van der Waals surface area contributed by atoms with Crippen LogP contribution in [-0.2, 0) is 11.2 Å². The summed E-state index contributed by atoms with van der Waals surface area (Å²) in [6.45, 7) is 9.70. The van der Waals surface area contributed by atoms with E-state index in [9.17, 15) is 0 Å². The standard InChI is InChI=1S/C18H25N3O/c1-4-21(5-2)17-10-9-16(14-20-17)18-15(8-7-12-19-18)11-13-22-6-3/h7-10,12,14H,4-6,11,13H2,1-3H3. The van der Waals surface area contributed by atoms with Gasteiger partial charge in [0.25, 0.3) is 0 Å². The molecule has 0 fully saturated rings. The number of pyridine rings is 2. The number of hydrogen-bond acceptors (Lipinski definition) is 4. The van der Waals surface area contributed by atoms with Gasteiger partial charge in [0.05, 0.1) is 12.3 Å². The molecule has 2 aromatic rings. The lowest BCUT2D eigenvalue weighted by molar-refractivity contribution is 0.151. The molecule has 22 heavy (non-hydrogen) atoms. The van der Waals surface area contributed by atoms with E-state index in [2.05, 4.69) is 46.9 Å². The molecule has 0 bridgehead atoms. The predicted octanol–water partition coefficient (Wildman–Crippen LogP) is 3.57. The Kier molecular flexibility index (Phi) is 6.34. The van der Waals surface area contributed by atoms with E-state index in [4.69, 9.17) is 4.74 Å². The lowest BCUT2D eigenvalue weighted by Gasteiger charge is -2.19. The molecule has 0 aliphatic rings. The molecule has 0 aromatic carbocycles.